The number of rotatable bonds is 4. The molecule has 0 saturated heterocycles. The summed E-state index contributed by atoms with van der Waals surface area (Å²) in [5.74, 6) is -1.09. The number of Topliss-reactive ketones (excluding diaryl/α,β-unsaturated/α-hetero) is 1. The normalized spacial score (nSPS) is 12.1. The molecule has 0 fully saturated rings. The molecule has 5 heteroatoms. The number of carbonyl (C=O) groups is 2. The second-order valence-corrected chi connectivity index (χ2v) is 4.13. The van der Waals surface area contributed by atoms with Crippen LogP contribution < -0.4 is 0 Å². The molecular formula is C9H9ClO3S. The average molecular weight is 233 g/mol. The maximum atomic E-state index is 11.1. The van der Waals surface area contributed by atoms with Crippen molar-refractivity contribution < 1.29 is 14.3 Å². The van der Waals surface area contributed by atoms with E-state index in [4.69, 9.17) is 16.3 Å². The molecule has 0 bridgehead atoms. The van der Waals surface area contributed by atoms with E-state index >= 15 is 0 Å². The molecule has 0 aliphatic heterocycles. The fourth-order valence-corrected chi connectivity index (χ4v) is 1.46. The molecular weight excluding hydrogens is 224 g/mol. The molecule has 1 heterocycles. The second-order valence-electron chi connectivity index (χ2n) is 2.66. The van der Waals surface area contributed by atoms with Crippen LogP contribution >= 0.6 is 22.9 Å². The zero-order valence-corrected chi connectivity index (χ0v) is 9.10. The van der Waals surface area contributed by atoms with Crippen molar-refractivity contribution >= 4 is 34.7 Å². The van der Waals surface area contributed by atoms with Crippen LogP contribution in [0.25, 0.3) is 0 Å². The van der Waals surface area contributed by atoms with Crippen molar-refractivity contribution in [2.24, 2.45) is 0 Å². The van der Waals surface area contributed by atoms with Crippen molar-refractivity contribution in [3.8, 4) is 0 Å². The molecule has 0 N–H and O–H groups in total. The van der Waals surface area contributed by atoms with Gasteiger partial charge in [0.1, 0.15) is 6.61 Å². The van der Waals surface area contributed by atoms with Crippen LogP contribution in [0, 0.1) is 0 Å². The lowest BCUT2D eigenvalue weighted by atomic mass is 10.3. The van der Waals surface area contributed by atoms with Gasteiger partial charge in [-0.15, -0.1) is 22.9 Å². The Labute approximate surface area is 90.6 Å². The van der Waals surface area contributed by atoms with E-state index in [1.807, 2.05) is 17.5 Å². The molecule has 0 aromatic carbocycles. The van der Waals surface area contributed by atoms with E-state index in [9.17, 15) is 9.59 Å². The largest absolute Gasteiger partial charge is 0.459 e. The van der Waals surface area contributed by atoms with E-state index in [0.29, 0.717) is 0 Å². The highest BCUT2D eigenvalue weighted by Crippen LogP contribution is 2.11. The third-order valence-corrected chi connectivity index (χ3v) is 2.84. The molecule has 0 amide bonds. The minimum absolute atomic E-state index is 0.174. The molecule has 3 nitrogen and oxygen atoms in total. The van der Waals surface area contributed by atoms with Crippen LogP contribution in [0.4, 0.5) is 0 Å². The highest BCUT2D eigenvalue weighted by molar-refractivity contribution is 7.09. The molecule has 1 rings (SSSR count). The highest BCUT2D eigenvalue weighted by Gasteiger charge is 2.21. The Morgan fingerprint density at radius 3 is 2.86 bits per heavy atom. The first kappa shape index (κ1) is 11.2. The average Bonchev–Trinajstić information content (AvgIpc) is 2.65. The van der Waals surface area contributed by atoms with Crippen LogP contribution in [0.5, 0.6) is 0 Å². The molecule has 0 saturated carbocycles. The van der Waals surface area contributed by atoms with E-state index < -0.39 is 17.1 Å². The fraction of sp³-hybridized carbons (Fsp3) is 0.333. The highest BCUT2D eigenvalue weighted by atomic mass is 35.5. The molecule has 1 aromatic rings. The van der Waals surface area contributed by atoms with Crippen LogP contribution in [-0.2, 0) is 20.9 Å². The fourth-order valence-electron chi connectivity index (χ4n) is 0.776. The summed E-state index contributed by atoms with van der Waals surface area (Å²) in [6, 6.07) is 3.70. The third-order valence-electron chi connectivity index (χ3n) is 1.50. The van der Waals surface area contributed by atoms with Gasteiger partial charge in [0.2, 0.25) is 0 Å². The molecule has 1 aromatic heterocycles. The number of carbonyl (C=O) groups excluding carboxylic acids is 2. The maximum absolute atomic E-state index is 11.1. The lowest BCUT2D eigenvalue weighted by molar-refractivity contribution is -0.146. The molecule has 0 spiro atoms. The van der Waals surface area contributed by atoms with Crippen molar-refractivity contribution in [3.05, 3.63) is 22.4 Å². The van der Waals surface area contributed by atoms with Gasteiger partial charge in [-0.1, -0.05) is 6.07 Å². The zero-order chi connectivity index (χ0) is 10.6. The Morgan fingerprint density at radius 1 is 1.64 bits per heavy atom. The Hall–Kier alpha value is -0.870. The summed E-state index contributed by atoms with van der Waals surface area (Å²) in [4.78, 5) is 22.7. The van der Waals surface area contributed by atoms with Gasteiger partial charge in [-0.05, 0) is 18.4 Å². The molecule has 1 atom stereocenters. The van der Waals surface area contributed by atoms with Crippen molar-refractivity contribution in [1.29, 1.82) is 0 Å². The predicted octanol–water partition coefficient (Wildman–Crippen LogP) is 1.99. The number of halogens is 1. The second kappa shape index (κ2) is 5.12. The van der Waals surface area contributed by atoms with E-state index in [2.05, 4.69) is 0 Å². The summed E-state index contributed by atoms with van der Waals surface area (Å²) >= 11 is 6.97. The minimum atomic E-state index is -1.19. The number of thiophene rings is 1. The monoisotopic (exact) mass is 232 g/mol. The SMILES string of the molecule is CC(=O)C(Cl)C(=O)OCc1cccs1. The van der Waals surface area contributed by atoms with E-state index in [-0.39, 0.29) is 6.61 Å². The zero-order valence-electron chi connectivity index (χ0n) is 7.53. The Bertz CT molecular complexity index is 321. The van der Waals surface area contributed by atoms with Crippen LogP contribution in [0.2, 0.25) is 0 Å². The lowest BCUT2D eigenvalue weighted by Gasteiger charge is -2.05. The van der Waals surface area contributed by atoms with E-state index in [0.717, 1.165) is 4.88 Å². The molecule has 0 aliphatic rings. The molecule has 1 unspecified atom stereocenters. The van der Waals surface area contributed by atoms with Crippen molar-refractivity contribution in [3.63, 3.8) is 0 Å². The predicted molar refractivity (Wildman–Crippen MR) is 54.4 cm³/mol. The topological polar surface area (TPSA) is 43.4 Å². The van der Waals surface area contributed by atoms with Gasteiger partial charge in [-0.25, -0.2) is 4.79 Å². The van der Waals surface area contributed by atoms with Crippen LogP contribution in [0.3, 0.4) is 0 Å². The third kappa shape index (κ3) is 3.12. The van der Waals surface area contributed by atoms with Gasteiger partial charge in [-0.2, -0.15) is 0 Å². The summed E-state index contributed by atoms with van der Waals surface area (Å²) in [7, 11) is 0. The molecule has 14 heavy (non-hydrogen) atoms. The summed E-state index contributed by atoms with van der Waals surface area (Å²) in [6.07, 6.45) is 0. The van der Waals surface area contributed by atoms with Gasteiger partial charge in [0.25, 0.3) is 0 Å². The number of hydrogen-bond donors (Lipinski definition) is 0. The van der Waals surface area contributed by atoms with Gasteiger partial charge < -0.3 is 4.74 Å². The summed E-state index contributed by atoms with van der Waals surface area (Å²) in [6.45, 7) is 1.43. The standard InChI is InChI=1S/C9H9ClO3S/c1-6(11)8(10)9(12)13-5-7-3-2-4-14-7/h2-4,8H,5H2,1H3. The maximum Gasteiger partial charge on any atom is 0.332 e. The van der Waals surface area contributed by atoms with Gasteiger partial charge in [-0.3, -0.25) is 4.79 Å². The van der Waals surface area contributed by atoms with Gasteiger partial charge in [0.05, 0.1) is 0 Å². The van der Waals surface area contributed by atoms with Gasteiger partial charge >= 0.3 is 5.97 Å². The van der Waals surface area contributed by atoms with Gasteiger partial charge in [0.15, 0.2) is 11.2 Å². The number of ketones is 1. The number of hydrogen-bond acceptors (Lipinski definition) is 4. The van der Waals surface area contributed by atoms with E-state index in [1.54, 1.807) is 0 Å². The van der Waals surface area contributed by atoms with Crippen molar-refractivity contribution in [1.82, 2.24) is 0 Å². The summed E-state index contributed by atoms with van der Waals surface area (Å²) < 4.78 is 4.83. The Morgan fingerprint density at radius 2 is 2.36 bits per heavy atom. The first-order valence-electron chi connectivity index (χ1n) is 3.95. The summed E-state index contributed by atoms with van der Waals surface area (Å²) in [5, 5.41) is 0.696. The first-order chi connectivity index (χ1) is 6.61. The van der Waals surface area contributed by atoms with E-state index in [1.165, 1.54) is 18.3 Å². The molecule has 76 valence electrons. The Balaban J connectivity index is 2.39. The van der Waals surface area contributed by atoms with Crippen LogP contribution in [0.15, 0.2) is 17.5 Å². The number of alkyl halides is 1. The van der Waals surface area contributed by atoms with Crippen molar-refractivity contribution in [2.45, 2.75) is 18.9 Å². The first-order valence-corrected chi connectivity index (χ1v) is 5.26. The quantitative estimate of drug-likeness (QED) is 0.453. The molecule has 0 radical (unpaired) electrons. The number of esters is 1. The minimum Gasteiger partial charge on any atom is -0.459 e. The van der Waals surface area contributed by atoms with Crippen LogP contribution in [-0.4, -0.2) is 17.1 Å². The summed E-state index contributed by atoms with van der Waals surface area (Å²) in [5.41, 5.74) is 0. The smallest absolute Gasteiger partial charge is 0.332 e. The van der Waals surface area contributed by atoms with Crippen LogP contribution in [0.1, 0.15) is 11.8 Å². The Kier molecular flexibility index (Phi) is 4.10. The van der Waals surface area contributed by atoms with Crippen molar-refractivity contribution in [2.75, 3.05) is 0 Å². The van der Waals surface area contributed by atoms with Gasteiger partial charge in [0, 0.05) is 4.88 Å². The number of ether oxygens (including phenoxy) is 1. The lowest BCUT2D eigenvalue weighted by Crippen LogP contribution is -2.24. The molecule has 0 aliphatic carbocycles.